The Morgan fingerprint density at radius 1 is 1.56 bits per heavy atom. The molecule has 1 nitrogen and oxygen atoms in total. The monoisotopic (exact) mass is 123 g/mol. The highest BCUT2D eigenvalue weighted by atomic mass is 14.6. The molecule has 0 aromatic carbocycles. The summed E-state index contributed by atoms with van der Waals surface area (Å²) in [4.78, 5) is 0. The van der Waals surface area contributed by atoms with E-state index in [1.807, 2.05) is 0 Å². The van der Waals surface area contributed by atoms with Gasteiger partial charge < -0.3 is 5.73 Å². The van der Waals surface area contributed by atoms with Crippen molar-refractivity contribution in [2.45, 2.75) is 19.3 Å². The second-order valence-corrected chi connectivity index (χ2v) is 3.26. The van der Waals surface area contributed by atoms with Crippen LogP contribution in [0.5, 0.6) is 0 Å². The van der Waals surface area contributed by atoms with Crippen LogP contribution in [0.4, 0.5) is 0 Å². The fourth-order valence-corrected chi connectivity index (χ4v) is 2.13. The molecule has 0 aromatic heterocycles. The van der Waals surface area contributed by atoms with Crippen LogP contribution in [0.15, 0.2) is 11.6 Å². The average molecular weight is 123 g/mol. The van der Waals surface area contributed by atoms with Crippen molar-refractivity contribution in [3.63, 3.8) is 0 Å². The summed E-state index contributed by atoms with van der Waals surface area (Å²) in [7, 11) is 0. The molecule has 2 rings (SSSR count). The van der Waals surface area contributed by atoms with Gasteiger partial charge in [-0.15, -0.1) is 0 Å². The Morgan fingerprint density at radius 2 is 2.44 bits per heavy atom. The Kier molecular flexibility index (Phi) is 1.12. The predicted molar refractivity (Wildman–Crippen MR) is 38.0 cm³/mol. The van der Waals surface area contributed by atoms with Crippen LogP contribution in [0.2, 0.25) is 0 Å². The minimum atomic E-state index is 0.838. The Labute approximate surface area is 55.9 Å². The molecule has 1 fully saturated rings. The summed E-state index contributed by atoms with van der Waals surface area (Å²) in [5, 5.41) is 0. The molecule has 2 atom stereocenters. The highest BCUT2D eigenvalue weighted by Crippen LogP contribution is 2.43. The molecule has 2 unspecified atom stereocenters. The second-order valence-electron chi connectivity index (χ2n) is 3.26. The van der Waals surface area contributed by atoms with E-state index in [9.17, 15) is 0 Å². The van der Waals surface area contributed by atoms with E-state index in [0.717, 1.165) is 18.4 Å². The smallest absolute Gasteiger partial charge is 0.00429 e. The summed E-state index contributed by atoms with van der Waals surface area (Å²) in [5.41, 5.74) is 7.27. The van der Waals surface area contributed by atoms with Crippen LogP contribution < -0.4 is 5.73 Å². The molecule has 1 heteroatoms. The van der Waals surface area contributed by atoms with Gasteiger partial charge in [-0.3, -0.25) is 0 Å². The Hall–Kier alpha value is -0.300. The molecule has 2 aliphatic carbocycles. The maximum atomic E-state index is 5.59. The van der Waals surface area contributed by atoms with Gasteiger partial charge in [0.05, 0.1) is 0 Å². The van der Waals surface area contributed by atoms with Gasteiger partial charge in [-0.05, 0) is 37.6 Å². The summed E-state index contributed by atoms with van der Waals surface area (Å²) in [6.45, 7) is 0.905. The average Bonchev–Trinajstić information content (AvgIpc) is 2.45. The van der Waals surface area contributed by atoms with Crippen LogP contribution in [0, 0.1) is 11.8 Å². The van der Waals surface area contributed by atoms with Crippen molar-refractivity contribution in [2.24, 2.45) is 17.6 Å². The zero-order valence-electron chi connectivity index (χ0n) is 5.64. The van der Waals surface area contributed by atoms with E-state index < -0.39 is 0 Å². The van der Waals surface area contributed by atoms with Gasteiger partial charge in [-0.1, -0.05) is 11.6 Å². The summed E-state index contributed by atoms with van der Waals surface area (Å²) >= 11 is 0. The van der Waals surface area contributed by atoms with Gasteiger partial charge in [0.15, 0.2) is 0 Å². The molecular weight excluding hydrogens is 110 g/mol. The second kappa shape index (κ2) is 1.84. The van der Waals surface area contributed by atoms with Crippen molar-refractivity contribution in [3.8, 4) is 0 Å². The maximum absolute atomic E-state index is 5.59. The van der Waals surface area contributed by atoms with E-state index in [1.54, 1.807) is 5.57 Å². The zero-order chi connectivity index (χ0) is 6.27. The molecule has 9 heavy (non-hydrogen) atoms. The third-order valence-electron chi connectivity index (χ3n) is 2.73. The van der Waals surface area contributed by atoms with Gasteiger partial charge in [-0.2, -0.15) is 0 Å². The van der Waals surface area contributed by atoms with Gasteiger partial charge in [0.25, 0.3) is 0 Å². The third-order valence-corrected chi connectivity index (χ3v) is 2.73. The molecule has 0 amide bonds. The molecule has 0 aromatic rings. The number of fused-ring (bicyclic) bond motifs is 2. The normalized spacial score (nSPS) is 39.4. The number of allylic oxidation sites excluding steroid dienone is 2. The molecule has 0 heterocycles. The van der Waals surface area contributed by atoms with Crippen molar-refractivity contribution >= 4 is 0 Å². The first-order chi connectivity index (χ1) is 4.40. The lowest BCUT2D eigenvalue weighted by Crippen LogP contribution is -2.18. The lowest BCUT2D eigenvalue weighted by atomic mass is 9.92. The molecule has 1 saturated carbocycles. The lowest BCUT2D eigenvalue weighted by Gasteiger charge is -2.15. The first kappa shape index (κ1) is 5.48. The fourth-order valence-electron chi connectivity index (χ4n) is 2.13. The van der Waals surface area contributed by atoms with Gasteiger partial charge in [0.2, 0.25) is 0 Å². The summed E-state index contributed by atoms with van der Waals surface area (Å²) in [5.74, 6) is 1.77. The van der Waals surface area contributed by atoms with Crippen LogP contribution in [0.3, 0.4) is 0 Å². The third kappa shape index (κ3) is 0.715. The summed E-state index contributed by atoms with van der Waals surface area (Å²) < 4.78 is 0. The molecule has 0 aliphatic heterocycles. The highest BCUT2D eigenvalue weighted by Gasteiger charge is 2.32. The predicted octanol–water partition coefficient (Wildman–Crippen LogP) is 1.30. The minimum Gasteiger partial charge on any atom is -0.330 e. The van der Waals surface area contributed by atoms with Crippen molar-refractivity contribution in [3.05, 3.63) is 11.6 Å². The lowest BCUT2D eigenvalue weighted by molar-refractivity contribution is 0.399. The van der Waals surface area contributed by atoms with Gasteiger partial charge in [0, 0.05) is 0 Å². The molecule has 50 valence electrons. The first-order valence-corrected chi connectivity index (χ1v) is 3.78. The molecule has 2 N–H and O–H groups in total. The van der Waals surface area contributed by atoms with E-state index in [-0.39, 0.29) is 0 Å². The Balaban J connectivity index is 2.12. The Bertz CT molecular complexity index is 149. The van der Waals surface area contributed by atoms with Crippen LogP contribution in [0.1, 0.15) is 19.3 Å². The van der Waals surface area contributed by atoms with Crippen LogP contribution >= 0.6 is 0 Å². The van der Waals surface area contributed by atoms with E-state index >= 15 is 0 Å². The van der Waals surface area contributed by atoms with Crippen molar-refractivity contribution in [2.75, 3.05) is 6.54 Å². The number of hydrogen-bond acceptors (Lipinski definition) is 1. The molecular formula is C8H13N. The van der Waals surface area contributed by atoms with Crippen molar-refractivity contribution in [1.29, 1.82) is 0 Å². The maximum Gasteiger partial charge on any atom is -0.00429 e. The minimum absolute atomic E-state index is 0.838. The summed E-state index contributed by atoms with van der Waals surface area (Å²) in [6, 6.07) is 0. The Morgan fingerprint density at radius 3 is 2.78 bits per heavy atom. The van der Waals surface area contributed by atoms with E-state index in [2.05, 4.69) is 6.08 Å². The number of nitrogens with two attached hydrogens (primary N) is 1. The first-order valence-electron chi connectivity index (χ1n) is 3.78. The molecule has 2 aliphatic rings. The van der Waals surface area contributed by atoms with Gasteiger partial charge in [-0.25, -0.2) is 0 Å². The molecule has 0 radical (unpaired) electrons. The zero-order valence-corrected chi connectivity index (χ0v) is 5.64. The fraction of sp³-hybridized carbons (Fsp3) is 0.750. The topological polar surface area (TPSA) is 26.0 Å². The molecule has 0 saturated heterocycles. The largest absolute Gasteiger partial charge is 0.330 e. The van der Waals surface area contributed by atoms with Crippen LogP contribution in [-0.4, -0.2) is 6.54 Å². The standard InChI is InChI=1S/C8H13N/c9-5-8-4-6-1-2-7(8)3-6/h1,7-8H,2-5,9H2. The van der Waals surface area contributed by atoms with Gasteiger partial charge in [0.1, 0.15) is 0 Å². The highest BCUT2D eigenvalue weighted by molar-refractivity contribution is 5.18. The number of hydrogen-bond donors (Lipinski definition) is 1. The SMILES string of the molecule is NCC1CC2=CCC1C2. The van der Waals surface area contributed by atoms with Crippen molar-refractivity contribution < 1.29 is 0 Å². The molecule has 0 spiro atoms. The van der Waals surface area contributed by atoms with E-state index in [1.165, 1.54) is 19.3 Å². The van der Waals surface area contributed by atoms with Crippen LogP contribution in [-0.2, 0) is 0 Å². The number of rotatable bonds is 1. The van der Waals surface area contributed by atoms with Gasteiger partial charge >= 0.3 is 0 Å². The molecule has 2 bridgehead atoms. The quantitative estimate of drug-likeness (QED) is 0.522. The van der Waals surface area contributed by atoms with E-state index in [0.29, 0.717) is 0 Å². The van der Waals surface area contributed by atoms with Crippen LogP contribution in [0.25, 0.3) is 0 Å². The van der Waals surface area contributed by atoms with E-state index in [4.69, 9.17) is 5.73 Å². The summed E-state index contributed by atoms with van der Waals surface area (Å²) in [6.07, 6.45) is 6.39. The van der Waals surface area contributed by atoms with Crippen molar-refractivity contribution in [1.82, 2.24) is 0 Å².